The lowest BCUT2D eigenvalue weighted by Crippen LogP contribution is -2.10. The quantitative estimate of drug-likeness (QED) is 0.186. The molecule has 230 valence electrons. The third kappa shape index (κ3) is 4.55. The van der Waals surface area contributed by atoms with Gasteiger partial charge in [-0.15, -0.1) is 11.3 Å². The number of furan rings is 1. The number of anilines is 3. The van der Waals surface area contributed by atoms with Gasteiger partial charge in [-0.05, 0) is 59.2 Å². The Balaban J connectivity index is 1.09. The maximum Gasteiger partial charge on any atom is 0.143 e. The van der Waals surface area contributed by atoms with Crippen LogP contribution in [0.25, 0.3) is 75.1 Å². The van der Waals surface area contributed by atoms with Gasteiger partial charge in [0.2, 0.25) is 0 Å². The maximum absolute atomic E-state index is 6.33. The predicted molar refractivity (Wildman–Crippen MR) is 210 cm³/mol. The summed E-state index contributed by atoms with van der Waals surface area (Å²) in [5, 5.41) is 7.39. The van der Waals surface area contributed by atoms with Crippen LogP contribution >= 0.6 is 11.3 Å². The molecule has 0 amide bonds. The van der Waals surface area contributed by atoms with Crippen molar-refractivity contribution in [3.05, 3.63) is 176 Å². The molecule has 3 heteroatoms. The first-order valence-corrected chi connectivity index (χ1v) is 17.4. The summed E-state index contributed by atoms with van der Waals surface area (Å²) >= 11 is 1.88. The standard InChI is InChI=1S/C46H29NOS/c1-3-12-33(13-4-1)47(34-14-5-2-6-15-34)42-29-41-38-27-26-32(28-44(38)49-46(41)40-18-8-7-16-36(40)42)30-22-24-31(25-23-30)35-19-11-20-39-37-17-9-10-21-43(37)48-45(35)39/h1-29H. The van der Waals surface area contributed by atoms with Crippen molar-refractivity contribution in [1.29, 1.82) is 0 Å². The molecule has 0 N–H and O–H groups in total. The first-order chi connectivity index (χ1) is 24.3. The third-order valence-corrected chi connectivity index (χ3v) is 10.9. The molecule has 2 aromatic heterocycles. The van der Waals surface area contributed by atoms with Gasteiger partial charge in [0, 0.05) is 58.7 Å². The minimum Gasteiger partial charge on any atom is -0.455 e. The molecule has 10 aromatic rings. The molecule has 0 saturated carbocycles. The monoisotopic (exact) mass is 643 g/mol. The molecular weight excluding hydrogens is 615 g/mol. The normalized spacial score (nSPS) is 11.7. The second kappa shape index (κ2) is 11.2. The van der Waals surface area contributed by atoms with Gasteiger partial charge in [-0.2, -0.15) is 0 Å². The van der Waals surface area contributed by atoms with E-state index in [1.54, 1.807) is 0 Å². The topological polar surface area (TPSA) is 16.4 Å². The number of rotatable bonds is 5. The van der Waals surface area contributed by atoms with E-state index in [1.807, 2.05) is 23.5 Å². The molecule has 2 nitrogen and oxygen atoms in total. The van der Waals surface area contributed by atoms with Gasteiger partial charge in [-0.1, -0.05) is 133 Å². The zero-order chi connectivity index (χ0) is 32.3. The number of thiophene rings is 1. The lowest BCUT2D eigenvalue weighted by molar-refractivity contribution is 0.670. The Morgan fingerprint density at radius 3 is 1.78 bits per heavy atom. The fourth-order valence-corrected chi connectivity index (χ4v) is 8.60. The van der Waals surface area contributed by atoms with Gasteiger partial charge in [-0.25, -0.2) is 0 Å². The Morgan fingerprint density at radius 1 is 0.408 bits per heavy atom. The van der Waals surface area contributed by atoms with E-state index in [0.717, 1.165) is 44.4 Å². The molecule has 0 atom stereocenters. The summed E-state index contributed by atoms with van der Waals surface area (Å²) in [6.07, 6.45) is 0. The van der Waals surface area contributed by atoms with Crippen molar-refractivity contribution < 1.29 is 4.42 Å². The Morgan fingerprint density at radius 2 is 1.02 bits per heavy atom. The maximum atomic E-state index is 6.33. The second-order valence-corrected chi connectivity index (χ2v) is 13.5. The zero-order valence-corrected chi connectivity index (χ0v) is 27.3. The Kier molecular flexibility index (Phi) is 6.39. The Labute approximate surface area is 287 Å². The van der Waals surface area contributed by atoms with E-state index in [9.17, 15) is 0 Å². The van der Waals surface area contributed by atoms with E-state index in [4.69, 9.17) is 4.42 Å². The number of benzene rings is 8. The van der Waals surface area contributed by atoms with Crippen molar-refractivity contribution in [3.63, 3.8) is 0 Å². The minimum absolute atomic E-state index is 0.922. The largest absolute Gasteiger partial charge is 0.455 e. The van der Waals surface area contributed by atoms with Crippen molar-refractivity contribution in [2.45, 2.75) is 0 Å². The summed E-state index contributed by atoms with van der Waals surface area (Å²) in [4.78, 5) is 2.38. The van der Waals surface area contributed by atoms with Crippen molar-refractivity contribution in [2.24, 2.45) is 0 Å². The smallest absolute Gasteiger partial charge is 0.143 e. The molecule has 0 saturated heterocycles. The number of para-hydroxylation sites is 4. The summed E-state index contributed by atoms with van der Waals surface area (Å²) in [5.41, 5.74) is 10.00. The number of hydrogen-bond donors (Lipinski definition) is 0. The van der Waals surface area contributed by atoms with Crippen molar-refractivity contribution in [1.82, 2.24) is 0 Å². The highest BCUT2D eigenvalue weighted by atomic mass is 32.1. The van der Waals surface area contributed by atoms with E-state index >= 15 is 0 Å². The SMILES string of the molecule is c1ccc(N(c2ccccc2)c2cc3c4ccc(-c5ccc(-c6cccc7c6oc6ccccc67)cc5)cc4sc3c3ccccc23)cc1. The summed E-state index contributed by atoms with van der Waals surface area (Å²) < 4.78 is 8.94. The average Bonchev–Trinajstić information content (AvgIpc) is 3.74. The van der Waals surface area contributed by atoms with E-state index in [2.05, 4.69) is 169 Å². The average molecular weight is 644 g/mol. The van der Waals surface area contributed by atoms with Gasteiger partial charge < -0.3 is 9.32 Å². The Bertz CT molecular complexity index is 2770. The van der Waals surface area contributed by atoms with Crippen LogP contribution in [0.3, 0.4) is 0 Å². The molecule has 0 fully saturated rings. The van der Waals surface area contributed by atoms with Crippen LogP contribution in [0.5, 0.6) is 0 Å². The molecule has 0 spiro atoms. The number of hydrogen-bond acceptors (Lipinski definition) is 3. The highest BCUT2D eigenvalue weighted by Gasteiger charge is 2.19. The van der Waals surface area contributed by atoms with Gasteiger partial charge in [0.05, 0.1) is 5.69 Å². The first-order valence-electron chi connectivity index (χ1n) is 16.6. The molecule has 0 radical (unpaired) electrons. The highest BCUT2D eigenvalue weighted by Crippen LogP contribution is 2.47. The molecule has 0 unspecified atom stereocenters. The molecule has 10 rings (SSSR count). The second-order valence-electron chi connectivity index (χ2n) is 12.5. The highest BCUT2D eigenvalue weighted by molar-refractivity contribution is 7.26. The molecule has 0 aliphatic rings. The third-order valence-electron chi connectivity index (χ3n) is 9.66. The van der Waals surface area contributed by atoms with Gasteiger partial charge >= 0.3 is 0 Å². The minimum atomic E-state index is 0.922. The van der Waals surface area contributed by atoms with Gasteiger partial charge in [0.25, 0.3) is 0 Å². The van der Waals surface area contributed by atoms with Gasteiger partial charge in [0.15, 0.2) is 0 Å². The molecule has 49 heavy (non-hydrogen) atoms. The summed E-state index contributed by atoms with van der Waals surface area (Å²) in [6.45, 7) is 0. The molecule has 0 aliphatic carbocycles. The predicted octanol–water partition coefficient (Wildman–Crippen LogP) is 13.9. The van der Waals surface area contributed by atoms with E-state index < -0.39 is 0 Å². The van der Waals surface area contributed by atoms with Crippen LogP contribution in [0.1, 0.15) is 0 Å². The fraction of sp³-hybridized carbons (Fsp3) is 0. The van der Waals surface area contributed by atoms with Crippen molar-refractivity contribution in [3.8, 4) is 22.3 Å². The Hall–Kier alpha value is -6.16. The van der Waals surface area contributed by atoms with Crippen LogP contribution in [0.4, 0.5) is 17.1 Å². The molecular formula is C46H29NOS. The summed E-state index contributed by atoms with van der Waals surface area (Å²) in [7, 11) is 0. The number of fused-ring (bicyclic) bond motifs is 8. The van der Waals surface area contributed by atoms with Crippen LogP contribution in [0.15, 0.2) is 180 Å². The lowest BCUT2D eigenvalue weighted by Gasteiger charge is -2.27. The summed E-state index contributed by atoms with van der Waals surface area (Å²) in [6, 6.07) is 63.1. The zero-order valence-electron chi connectivity index (χ0n) is 26.5. The van der Waals surface area contributed by atoms with Gasteiger partial charge in [-0.3, -0.25) is 0 Å². The van der Waals surface area contributed by atoms with E-state index in [1.165, 1.54) is 47.8 Å². The van der Waals surface area contributed by atoms with Crippen LogP contribution in [0.2, 0.25) is 0 Å². The van der Waals surface area contributed by atoms with Crippen LogP contribution in [-0.4, -0.2) is 0 Å². The number of nitrogens with zero attached hydrogens (tertiary/aromatic N) is 1. The van der Waals surface area contributed by atoms with Crippen LogP contribution in [-0.2, 0) is 0 Å². The van der Waals surface area contributed by atoms with Gasteiger partial charge in [0.1, 0.15) is 11.2 Å². The molecule has 0 aliphatic heterocycles. The lowest BCUT2D eigenvalue weighted by atomic mass is 9.98. The molecule has 2 heterocycles. The van der Waals surface area contributed by atoms with Crippen molar-refractivity contribution >= 4 is 81.3 Å². The van der Waals surface area contributed by atoms with Crippen molar-refractivity contribution in [2.75, 3.05) is 4.90 Å². The molecule has 8 aromatic carbocycles. The van der Waals surface area contributed by atoms with E-state index in [0.29, 0.717) is 0 Å². The first kappa shape index (κ1) is 27.9. The van der Waals surface area contributed by atoms with E-state index in [-0.39, 0.29) is 0 Å². The van der Waals surface area contributed by atoms with Crippen LogP contribution < -0.4 is 4.90 Å². The van der Waals surface area contributed by atoms with Crippen LogP contribution in [0, 0.1) is 0 Å². The fourth-order valence-electron chi connectivity index (χ4n) is 7.34. The summed E-state index contributed by atoms with van der Waals surface area (Å²) in [5.74, 6) is 0. The molecule has 0 bridgehead atoms.